The minimum absolute atomic E-state index is 0.0104. The van der Waals surface area contributed by atoms with Crippen LogP contribution in [0.5, 0.6) is 0 Å². The van der Waals surface area contributed by atoms with Gasteiger partial charge in [0.2, 0.25) is 0 Å². The van der Waals surface area contributed by atoms with Gasteiger partial charge in [-0.1, -0.05) is 56.5 Å². The SMILES string of the molecule is CCC1CCCCC1C(=O)CCC(N)c1ccccc1. The molecule has 0 bridgehead atoms. The van der Waals surface area contributed by atoms with Gasteiger partial charge in [-0.15, -0.1) is 0 Å². The molecule has 0 spiro atoms. The molecular weight excluding hydrogens is 246 g/mol. The molecule has 3 atom stereocenters. The maximum Gasteiger partial charge on any atom is 0.136 e. The van der Waals surface area contributed by atoms with Crippen LogP contribution in [-0.2, 0) is 4.79 Å². The van der Waals surface area contributed by atoms with E-state index in [4.69, 9.17) is 5.73 Å². The van der Waals surface area contributed by atoms with Crippen molar-refractivity contribution in [3.8, 4) is 0 Å². The van der Waals surface area contributed by atoms with Crippen LogP contribution in [0.4, 0.5) is 0 Å². The molecule has 0 saturated heterocycles. The summed E-state index contributed by atoms with van der Waals surface area (Å²) in [6, 6.07) is 10.1. The van der Waals surface area contributed by atoms with Gasteiger partial charge in [-0.3, -0.25) is 4.79 Å². The summed E-state index contributed by atoms with van der Waals surface area (Å²) < 4.78 is 0. The molecule has 0 aromatic heterocycles. The normalized spacial score (nSPS) is 24.3. The lowest BCUT2D eigenvalue weighted by Gasteiger charge is -2.30. The zero-order valence-electron chi connectivity index (χ0n) is 12.6. The highest BCUT2D eigenvalue weighted by Crippen LogP contribution is 2.34. The number of carbonyl (C=O) groups excluding carboxylic acids is 1. The van der Waals surface area contributed by atoms with Gasteiger partial charge in [0.05, 0.1) is 0 Å². The summed E-state index contributed by atoms with van der Waals surface area (Å²) in [6.45, 7) is 2.21. The van der Waals surface area contributed by atoms with Gasteiger partial charge in [-0.05, 0) is 30.7 Å². The van der Waals surface area contributed by atoms with E-state index in [9.17, 15) is 4.79 Å². The first-order chi connectivity index (χ1) is 9.72. The summed E-state index contributed by atoms with van der Waals surface area (Å²) in [7, 11) is 0. The van der Waals surface area contributed by atoms with Crippen molar-refractivity contribution >= 4 is 5.78 Å². The van der Waals surface area contributed by atoms with Crippen LogP contribution in [0.15, 0.2) is 30.3 Å². The van der Waals surface area contributed by atoms with E-state index < -0.39 is 0 Å². The van der Waals surface area contributed by atoms with Gasteiger partial charge in [-0.2, -0.15) is 0 Å². The molecule has 20 heavy (non-hydrogen) atoms. The van der Waals surface area contributed by atoms with E-state index in [-0.39, 0.29) is 6.04 Å². The lowest BCUT2D eigenvalue weighted by atomic mass is 9.74. The van der Waals surface area contributed by atoms with Gasteiger partial charge in [0.15, 0.2) is 0 Å². The summed E-state index contributed by atoms with van der Waals surface area (Å²) in [5.41, 5.74) is 7.32. The maximum atomic E-state index is 12.4. The van der Waals surface area contributed by atoms with Gasteiger partial charge >= 0.3 is 0 Å². The van der Waals surface area contributed by atoms with E-state index in [0.29, 0.717) is 24.0 Å². The minimum Gasteiger partial charge on any atom is -0.324 e. The molecule has 2 rings (SSSR count). The third-order valence-corrected chi connectivity index (χ3v) is 4.78. The molecule has 1 aliphatic rings. The summed E-state index contributed by atoms with van der Waals surface area (Å²) >= 11 is 0. The minimum atomic E-state index is -0.0104. The second kappa shape index (κ2) is 7.58. The van der Waals surface area contributed by atoms with Crippen molar-refractivity contribution in [2.75, 3.05) is 0 Å². The van der Waals surface area contributed by atoms with Crippen LogP contribution in [0.2, 0.25) is 0 Å². The number of hydrogen-bond donors (Lipinski definition) is 1. The molecular formula is C18H27NO. The van der Waals surface area contributed by atoms with Gasteiger partial charge in [0.25, 0.3) is 0 Å². The molecule has 0 radical (unpaired) electrons. The van der Waals surface area contributed by atoms with Crippen LogP contribution in [0.3, 0.4) is 0 Å². The van der Waals surface area contributed by atoms with E-state index in [1.54, 1.807) is 0 Å². The lowest BCUT2D eigenvalue weighted by Crippen LogP contribution is -2.27. The molecule has 1 saturated carbocycles. The summed E-state index contributed by atoms with van der Waals surface area (Å²) in [5.74, 6) is 1.36. The van der Waals surface area contributed by atoms with E-state index in [1.165, 1.54) is 19.3 Å². The van der Waals surface area contributed by atoms with Gasteiger partial charge in [-0.25, -0.2) is 0 Å². The maximum absolute atomic E-state index is 12.4. The first-order valence-electron chi connectivity index (χ1n) is 8.05. The molecule has 2 nitrogen and oxygen atoms in total. The van der Waals surface area contributed by atoms with Gasteiger partial charge < -0.3 is 5.73 Å². The third kappa shape index (κ3) is 3.92. The summed E-state index contributed by atoms with van der Waals surface area (Å²) in [6.07, 6.45) is 7.40. The Morgan fingerprint density at radius 3 is 2.65 bits per heavy atom. The fraction of sp³-hybridized carbons (Fsp3) is 0.611. The molecule has 0 amide bonds. The Balaban J connectivity index is 1.85. The Hall–Kier alpha value is -1.15. The number of ketones is 1. The zero-order chi connectivity index (χ0) is 14.4. The molecule has 1 aliphatic carbocycles. The summed E-state index contributed by atoms with van der Waals surface area (Å²) in [5, 5.41) is 0. The molecule has 3 unspecified atom stereocenters. The average Bonchev–Trinajstić information content (AvgIpc) is 2.53. The standard InChI is InChI=1S/C18H27NO/c1-2-14-8-6-7-11-16(14)18(20)13-12-17(19)15-9-4-3-5-10-15/h3-5,9-10,14,16-17H,2,6-8,11-13,19H2,1H3. The molecule has 1 fully saturated rings. The monoisotopic (exact) mass is 273 g/mol. The average molecular weight is 273 g/mol. The smallest absolute Gasteiger partial charge is 0.136 e. The molecule has 1 aromatic carbocycles. The zero-order valence-corrected chi connectivity index (χ0v) is 12.6. The first-order valence-corrected chi connectivity index (χ1v) is 8.05. The Bertz CT molecular complexity index is 415. The van der Waals surface area contributed by atoms with Crippen LogP contribution in [0.1, 0.15) is 63.5 Å². The van der Waals surface area contributed by atoms with Crippen molar-refractivity contribution < 1.29 is 4.79 Å². The fourth-order valence-electron chi connectivity index (χ4n) is 3.47. The number of nitrogens with two attached hydrogens (primary N) is 1. The van der Waals surface area contributed by atoms with Crippen LogP contribution >= 0.6 is 0 Å². The van der Waals surface area contributed by atoms with Crippen molar-refractivity contribution in [1.29, 1.82) is 0 Å². The Labute approximate surface area is 122 Å². The number of hydrogen-bond acceptors (Lipinski definition) is 2. The Kier molecular flexibility index (Phi) is 5.78. The molecule has 0 aliphatic heterocycles. The highest BCUT2D eigenvalue weighted by atomic mass is 16.1. The highest BCUT2D eigenvalue weighted by molar-refractivity contribution is 5.81. The predicted molar refractivity (Wildman–Crippen MR) is 83.4 cm³/mol. The van der Waals surface area contributed by atoms with Gasteiger partial charge in [0.1, 0.15) is 5.78 Å². The highest BCUT2D eigenvalue weighted by Gasteiger charge is 2.29. The number of benzene rings is 1. The van der Waals surface area contributed by atoms with Crippen molar-refractivity contribution in [3.05, 3.63) is 35.9 Å². The second-order valence-corrected chi connectivity index (χ2v) is 6.08. The molecule has 1 aromatic rings. The lowest BCUT2D eigenvalue weighted by molar-refractivity contribution is -0.125. The van der Waals surface area contributed by atoms with E-state index in [2.05, 4.69) is 6.92 Å². The quantitative estimate of drug-likeness (QED) is 0.842. The van der Waals surface area contributed by atoms with E-state index in [0.717, 1.165) is 24.8 Å². The van der Waals surface area contributed by atoms with Crippen molar-refractivity contribution in [1.82, 2.24) is 0 Å². The molecule has 2 heteroatoms. The summed E-state index contributed by atoms with van der Waals surface area (Å²) in [4.78, 5) is 12.4. The van der Waals surface area contributed by atoms with Crippen molar-refractivity contribution in [2.24, 2.45) is 17.6 Å². The Morgan fingerprint density at radius 1 is 1.25 bits per heavy atom. The van der Waals surface area contributed by atoms with E-state index in [1.807, 2.05) is 30.3 Å². The topological polar surface area (TPSA) is 43.1 Å². The van der Waals surface area contributed by atoms with E-state index >= 15 is 0 Å². The van der Waals surface area contributed by atoms with Crippen LogP contribution in [0.25, 0.3) is 0 Å². The first kappa shape index (κ1) is 15.2. The second-order valence-electron chi connectivity index (χ2n) is 6.08. The predicted octanol–water partition coefficient (Wildman–Crippen LogP) is 4.25. The van der Waals surface area contributed by atoms with Crippen LogP contribution in [-0.4, -0.2) is 5.78 Å². The molecule has 0 heterocycles. The Morgan fingerprint density at radius 2 is 1.95 bits per heavy atom. The van der Waals surface area contributed by atoms with Crippen molar-refractivity contribution in [3.63, 3.8) is 0 Å². The number of carbonyl (C=O) groups is 1. The van der Waals surface area contributed by atoms with Crippen LogP contribution in [0, 0.1) is 11.8 Å². The van der Waals surface area contributed by atoms with Crippen LogP contribution < -0.4 is 5.73 Å². The van der Waals surface area contributed by atoms with Crippen molar-refractivity contribution in [2.45, 2.75) is 57.9 Å². The largest absolute Gasteiger partial charge is 0.324 e. The fourth-order valence-corrected chi connectivity index (χ4v) is 3.47. The third-order valence-electron chi connectivity index (χ3n) is 4.78. The molecule has 110 valence electrons. The number of rotatable bonds is 6. The molecule has 2 N–H and O–H groups in total. The number of Topliss-reactive ketones (excluding diaryl/α,β-unsaturated/α-hetero) is 1. The van der Waals surface area contributed by atoms with Gasteiger partial charge in [0, 0.05) is 18.4 Å².